The summed E-state index contributed by atoms with van der Waals surface area (Å²) >= 11 is 0. The van der Waals surface area contributed by atoms with Gasteiger partial charge in [-0.2, -0.15) is 0 Å². The molecule has 0 radical (unpaired) electrons. The number of fused-ring (bicyclic) bond motifs is 3. The van der Waals surface area contributed by atoms with Crippen molar-refractivity contribution in [1.29, 1.82) is 0 Å². The van der Waals surface area contributed by atoms with Gasteiger partial charge in [-0.05, 0) is 36.6 Å². The molecule has 0 bridgehead atoms. The Morgan fingerprint density at radius 1 is 1.00 bits per heavy atom. The first-order valence-corrected chi connectivity index (χ1v) is 8.62. The van der Waals surface area contributed by atoms with Crippen LogP contribution >= 0.6 is 0 Å². The number of methoxy groups -OCH3 is 1. The maximum Gasteiger partial charge on any atom is 0.259 e. The lowest BCUT2D eigenvalue weighted by atomic mass is 9.89. The first-order chi connectivity index (χ1) is 12.6. The zero-order valence-corrected chi connectivity index (χ0v) is 14.8. The van der Waals surface area contributed by atoms with Crippen molar-refractivity contribution >= 4 is 11.8 Å². The third kappa shape index (κ3) is 2.24. The van der Waals surface area contributed by atoms with Gasteiger partial charge in [0.05, 0.1) is 7.11 Å². The molecule has 1 atom stereocenters. The molecule has 0 saturated heterocycles. The lowest BCUT2D eigenvalue weighted by Crippen LogP contribution is -2.54. The minimum atomic E-state index is -0.983. The van der Waals surface area contributed by atoms with Crippen molar-refractivity contribution in [3.63, 3.8) is 0 Å². The van der Waals surface area contributed by atoms with Crippen LogP contribution in [0.2, 0.25) is 0 Å². The maximum absolute atomic E-state index is 13.3. The number of carbonyl (C=O) groups is 2. The highest BCUT2D eigenvalue weighted by atomic mass is 16.5. The zero-order valence-electron chi connectivity index (χ0n) is 14.8. The fourth-order valence-electron chi connectivity index (χ4n) is 3.81. The summed E-state index contributed by atoms with van der Waals surface area (Å²) in [7, 11) is 1.64. The van der Waals surface area contributed by atoms with Crippen molar-refractivity contribution in [3.8, 4) is 5.75 Å². The van der Waals surface area contributed by atoms with E-state index in [-0.39, 0.29) is 11.8 Å². The third-order valence-corrected chi connectivity index (χ3v) is 5.27. The van der Waals surface area contributed by atoms with Gasteiger partial charge in [0, 0.05) is 24.5 Å². The number of ether oxygens (including phenoxy) is 1. The molecule has 1 unspecified atom stereocenters. The first kappa shape index (κ1) is 16.4. The van der Waals surface area contributed by atoms with Crippen LogP contribution in [0.15, 0.2) is 60.9 Å². The summed E-state index contributed by atoms with van der Waals surface area (Å²) in [4.78, 5) is 29.1. The predicted molar refractivity (Wildman–Crippen MR) is 97.5 cm³/mol. The van der Waals surface area contributed by atoms with Gasteiger partial charge in [0.2, 0.25) is 0 Å². The van der Waals surface area contributed by atoms with Crippen LogP contribution in [-0.2, 0) is 16.8 Å². The minimum absolute atomic E-state index is 0.0896. The van der Waals surface area contributed by atoms with Gasteiger partial charge >= 0.3 is 0 Å². The van der Waals surface area contributed by atoms with Crippen molar-refractivity contribution in [2.24, 2.45) is 0 Å². The van der Waals surface area contributed by atoms with Crippen molar-refractivity contribution in [1.82, 2.24) is 9.80 Å². The van der Waals surface area contributed by atoms with E-state index in [0.29, 0.717) is 18.5 Å². The number of nitrogens with zero attached hydrogens (tertiary/aromatic N) is 2. The van der Waals surface area contributed by atoms with E-state index < -0.39 is 5.54 Å². The summed E-state index contributed by atoms with van der Waals surface area (Å²) in [6.45, 7) is 2.34. The van der Waals surface area contributed by atoms with E-state index in [1.807, 2.05) is 49.4 Å². The van der Waals surface area contributed by atoms with Crippen LogP contribution in [0.3, 0.4) is 0 Å². The number of hydrogen-bond acceptors (Lipinski definition) is 3. The summed E-state index contributed by atoms with van der Waals surface area (Å²) in [5, 5.41) is 0. The number of carbonyl (C=O) groups excluding carboxylic acids is 2. The molecule has 0 aliphatic carbocycles. The molecule has 2 aliphatic heterocycles. The summed E-state index contributed by atoms with van der Waals surface area (Å²) in [5.74, 6) is 0.598. The Labute approximate surface area is 152 Å². The Balaban J connectivity index is 1.62. The molecule has 132 valence electrons. The Bertz CT molecular complexity index is 921. The van der Waals surface area contributed by atoms with E-state index >= 15 is 0 Å². The molecule has 2 aliphatic rings. The van der Waals surface area contributed by atoms with E-state index in [1.54, 1.807) is 35.4 Å². The number of rotatable bonds is 4. The summed E-state index contributed by atoms with van der Waals surface area (Å²) in [6.07, 6.45) is 4.08. The molecule has 0 aromatic heterocycles. The highest BCUT2D eigenvalue weighted by Crippen LogP contribution is 2.42. The second-order valence-corrected chi connectivity index (χ2v) is 6.65. The molecule has 2 amide bonds. The number of para-hydroxylation sites is 1. The monoisotopic (exact) mass is 348 g/mol. The molecule has 4 rings (SSSR count). The highest BCUT2D eigenvalue weighted by Gasteiger charge is 2.53. The van der Waals surface area contributed by atoms with Gasteiger partial charge in [-0.1, -0.05) is 36.4 Å². The molecule has 5 heteroatoms. The van der Waals surface area contributed by atoms with Gasteiger partial charge < -0.3 is 9.64 Å². The Kier molecular flexibility index (Phi) is 3.80. The minimum Gasteiger partial charge on any atom is -0.496 e. The van der Waals surface area contributed by atoms with E-state index in [1.165, 1.54) is 0 Å². The van der Waals surface area contributed by atoms with Crippen molar-refractivity contribution in [3.05, 3.63) is 77.6 Å². The quantitative estimate of drug-likeness (QED) is 0.854. The van der Waals surface area contributed by atoms with Crippen LogP contribution in [0.1, 0.15) is 28.4 Å². The van der Waals surface area contributed by atoms with E-state index in [0.717, 1.165) is 16.9 Å². The van der Waals surface area contributed by atoms with Gasteiger partial charge in [-0.25, -0.2) is 0 Å². The second kappa shape index (κ2) is 6.02. The third-order valence-electron chi connectivity index (χ3n) is 5.27. The molecule has 26 heavy (non-hydrogen) atoms. The number of hydrogen-bond donors (Lipinski definition) is 0. The molecular formula is C21H20N2O3. The summed E-state index contributed by atoms with van der Waals surface area (Å²) in [6, 6.07) is 15.1. The van der Waals surface area contributed by atoms with Crippen LogP contribution in [0.25, 0.3) is 0 Å². The predicted octanol–water partition coefficient (Wildman–Crippen LogP) is 2.92. The SMILES string of the molecule is COc1ccccc1CCN1C=CN2C(=O)c3ccccc3C2(C)C1=O. The highest BCUT2D eigenvalue weighted by molar-refractivity contribution is 6.08. The van der Waals surface area contributed by atoms with Crippen molar-refractivity contribution < 1.29 is 14.3 Å². The fourth-order valence-corrected chi connectivity index (χ4v) is 3.81. The van der Waals surface area contributed by atoms with E-state index in [9.17, 15) is 9.59 Å². The molecule has 2 heterocycles. The van der Waals surface area contributed by atoms with Gasteiger partial charge in [0.15, 0.2) is 0 Å². The van der Waals surface area contributed by atoms with Gasteiger partial charge in [0.25, 0.3) is 11.8 Å². The smallest absolute Gasteiger partial charge is 0.259 e. The summed E-state index contributed by atoms with van der Waals surface area (Å²) < 4.78 is 5.39. The molecule has 0 saturated carbocycles. The Morgan fingerprint density at radius 2 is 1.73 bits per heavy atom. The average Bonchev–Trinajstić information content (AvgIpc) is 2.91. The molecule has 2 aromatic rings. The van der Waals surface area contributed by atoms with Gasteiger partial charge in [-0.15, -0.1) is 0 Å². The van der Waals surface area contributed by atoms with Gasteiger partial charge in [-0.3, -0.25) is 14.5 Å². The van der Waals surface area contributed by atoms with Crippen LogP contribution in [0.5, 0.6) is 5.75 Å². The van der Waals surface area contributed by atoms with E-state index in [4.69, 9.17) is 4.74 Å². The fraction of sp³-hybridized carbons (Fsp3) is 0.238. The lowest BCUT2D eigenvalue weighted by molar-refractivity contribution is -0.139. The molecular weight excluding hydrogens is 328 g/mol. The van der Waals surface area contributed by atoms with Crippen LogP contribution in [0, 0.1) is 0 Å². The van der Waals surface area contributed by atoms with Crippen molar-refractivity contribution in [2.45, 2.75) is 18.9 Å². The first-order valence-electron chi connectivity index (χ1n) is 8.62. The number of amides is 2. The zero-order chi connectivity index (χ0) is 18.3. The topological polar surface area (TPSA) is 49.9 Å². The molecule has 0 spiro atoms. The van der Waals surface area contributed by atoms with Gasteiger partial charge in [0.1, 0.15) is 11.3 Å². The Hall–Kier alpha value is -3.08. The lowest BCUT2D eigenvalue weighted by Gasteiger charge is -2.39. The standard InChI is InChI=1S/C21H20N2O3/c1-21-17-9-5-4-8-16(17)19(24)23(21)14-13-22(20(21)25)12-11-15-7-3-6-10-18(15)26-2/h3-10,13-14H,11-12H2,1-2H3. The van der Waals surface area contributed by atoms with Crippen LogP contribution < -0.4 is 4.74 Å². The molecule has 0 fully saturated rings. The molecule has 5 nitrogen and oxygen atoms in total. The van der Waals surface area contributed by atoms with E-state index in [2.05, 4.69) is 0 Å². The molecule has 2 aromatic carbocycles. The average molecular weight is 348 g/mol. The maximum atomic E-state index is 13.3. The second-order valence-electron chi connectivity index (χ2n) is 6.65. The largest absolute Gasteiger partial charge is 0.496 e. The number of benzene rings is 2. The Morgan fingerprint density at radius 3 is 2.54 bits per heavy atom. The van der Waals surface area contributed by atoms with Crippen LogP contribution in [-0.4, -0.2) is 35.3 Å². The van der Waals surface area contributed by atoms with Crippen LogP contribution in [0.4, 0.5) is 0 Å². The normalized spacial score (nSPS) is 21.0. The summed E-state index contributed by atoms with van der Waals surface area (Å²) in [5.41, 5.74) is 1.43. The van der Waals surface area contributed by atoms with Crippen molar-refractivity contribution in [2.75, 3.05) is 13.7 Å². The molecule has 0 N–H and O–H groups in total.